The van der Waals surface area contributed by atoms with E-state index in [1.54, 1.807) is 0 Å². The summed E-state index contributed by atoms with van der Waals surface area (Å²) in [6.45, 7) is 11.2. The van der Waals surface area contributed by atoms with Crippen molar-refractivity contribution >= 4 is 23.0 Å². The molecule has 0 aliphatic carbocycles. The first-order chi connectivity index (χ1) is 13.6. The van der Waals surface area contributed by atoms with Crippen LogP contribution in [0, 0.1) is 13.8 Å². The molecule has 0 aliphatic rings. The van der Waals surface area contributed by atoms with Crippen LogP contribution < -0.4 is 15.8 Å². The summed E-state index contributed by atoms with van der Waals surface area (Å²) in [5.41, 5.74) is 12.3. The number of anilines is 2. The molecule has 0 heterocycles. The molecular formula is C25H29ClN2O. The zero-order valence-electron chi connectivity index (χ0n) is 17.8. The van der Waals surface area contributed by atoms with Crippen molar-refractivity contribution in [1.29, 1.82) is 0 Å². The van der Waals surface area contributed by atoms with Crippen LogP contribution in [0.3, 0.4) is 0 Å². The Morgan fingerprint density at radius 1 is 0.931 bits per heavy atom. The zero-order valence-corrected chi connectivity index (χ0v) is 18.5. The van der Waals surface area contributed by atoms with Gasteiger partial charge in [0.05, 0.1) is 0 Å². The van der Waals surface area contributed by atoms with Crippen molar-refractivity contribution in [1.82, 2.24) is 0 Å². The van der Waals surface area contributed by atoms with Gasteiger partial charge in [0.2, 0.25) is 0 Å². The molecule has 4 heteroatoms. The van der Waals surface area contributed by atoms with Gasteiger partial charge in [-0.1, -0.05) is 56.6 Å². The third-order valence-corrected chi connectivity index (χ3v) is 5.57. The maximum Gasteiger partial charge on any atom is 0.127 e. The number of hydrogen-bond donors (Lipinski definition) is 2. The maximum absolute atomic E-state index is 6.29. The Labute approximate surface area is 178 Å². The Balaban J connectivity index is 1.70. The van der Waals surface area contributed by atoms with Crippen molar-refractivity contribution < 1.29 is 4.74 Å². The van der Waals surface area contributed by atoms with E-state index in [4.69, 9.17) is 22.1 Å². The number of nitrogens with two attached hydrogens (primary N) is 1. The lowest BCUT2D eigenvalue weighted by molar-refractivity contribution is 0.481. The molecule has 0 aliphatic heterocycles. The largest absolute Gasteiger partial charge is 0.457 e. The van der Waals surface area contributed by atoms with Crippen LogP contribution in [0.1, 0.15) is 43.0 Å². The fourth-order valence-corrected chi connectivity index (χ4v) is 3.37. The van der Waals surface area contributed by atoms with Gasteiger partial charge in [-0.25, -0.2) is 0 Å². The van der Waals surface area contributed by atoms with Gasteiger partial charge in [-0.2, -0.15) is 0 Å². The Morgan fingerprint density at radius 3 is 2.28 bits per heavy atom. The van der Waals surface area contributed by atoms with Crippen LogP contribution in [-0.2, 0) is 12.0 Å². The smallest absolute Gasteiger partial charge is 0.127 e. The highest BCUT2D eigenvalue weighted by molar-refractivity contribution is 6.32. The lowest BCUT2D eigenvalue weighted by Gasteiger charge is -2.19. The minimum absolute atomic E-state index is 0.129. The first-order valence-electron chi connectivity index (χ1n) is 9.81. The number of nitrogen functional groups attached to an aromatic ring is 1. The second-order valence-electron chi connectivity index (χ2n) is 8.45. The number of ether oxygens (including phenoxy) is 1. The van der Waals surface area contributed by atoms with Crippen LogP contribution in [0.15, 0.2) is 54.6 Å². The quantitative estimate of drug-likeness (QED) is 0.437. The van der Waals surface area contributed by atoms with Crippen molar-refractivity contribution in [2.45, 2.75) is 46.6 Å². The number of rotatable bonds is 5. The van der Waals surface area contributed by atoms with Gasteiger partial charge in [-0.3, -0.25) is 0 Å². The Morgan fingerprint density at radius 2 is 1.62 bits per heavy atom. The van der Waals surface area contributed by atoms with Crippen molar-refractivity contribution in [3.8, 4) is 11.5 Å². The third kappa shape index (κ3) is 5.04. The van der Waals surface area contributed by atoms with E-state index in [9.17, 15) is 0 Å². The minimum Gasteiger partial charge on any atom is -0.457 e. The molecular weight excluding hydrogens is 380 g/mol. The Kier molecular flexibility index (Phi) is 6.09. The van der Waals surface area contributed by atoms with Crippen LogP contribution in [0.2, 0.25) is 5.02 Å². The SMILES string of the molecule is Cc1c(Cl)cc(NCc2cccc(Oc3ccc(C(C)(C)C)cc3)c2)c(C)c1N. The summed E-state index contributed by atoms with van der Waals surface area (Å²) in [4.78, 5) is 0. The molecule has 3 aromatic carbocycles. The van der Waals surface area contributed by atoms with Crippen LogP contribution >= 0.6 is 11.6 Å². The molecule has 0 unspecified atom stereocenters. The molecule has 3 aromatic rings. The van der Waals surface area contributed by atoms with Crippen molar-refractivity contribution in [2.24, 2.45) is 0 Å². The van der Waals surface area contributed by atoms with Gasteiger partial charge in [0, 0.05) is 22.9 Å². The topological polar surface area (TPSA) is 47.3 Å². The molecule has 0 saturated carbocycles. The fourth-order valence-electron chi connectivity index (χ4n) is 3.16. The molecule has 0 amide bonds. The first kappa shape index (κ1) is 21.1. The molecule has 3 nitrogen and oxygen atoms in total. The highest BCUT2D eigenvalue weighted by atomic mass is 35.5. The standard InChI is InChI=1S/C25H29ClN2O/c1-16-22(26)14-23(17(2)24(16)27)28-15-18-7-6-8-21(13-18)29-20-11-9-19(10-12-20)25(3,4)5/h6-14,28H,15,27H2,1-5H3. The van der Waals surface area contributed by atoms with Crippen LogP contribution in [0.4, 0.5) is 11.4 Å². The molecule has 0 saturated heterocycles. The lowest BCUT2D eigenvalue weighted by Crippen LogP contribution is -2.10. The van der Waals surface area contributed by atoms with E-state index in [-0.39, 0.29) is 5.41 Å². The molecule has 0 fully saturated rings. The maximum atomic E-state index is 6.29. The number of hydrogen-bond acceptors (Lipinski definition) is 3. The summed E-state index contributed by atoms with van der Waals surface area (Å²) in [6.07, 6.45) is 0. The average Bonchev–Trinajstić information content (AvgIpc) is 2.68. The molecule has 29 heavy (non-hydrogen) atoms. The van der Waals surface area contributed by atoms with Gasteiger partial charge < -0.3 is 15.8 Å². The molecule has 3 N–H and O–H groups in total. The molecule has 0 bridgehead atoms. The normalized spacial score (nSPS) is 11.4. The zero-order chi connectivity index (χ0) is 21.2. The van der Waals surface area contributed by atoms with Crippen molar-refractivity contribution in [3.63, 3.8) is 0 Å². The van der Waals surface area contributed by atoms with Crippen molar-refractivity contribution in [2.75, 3.05) is 11.1 Å². The summed E-state index contributed by atoms with van der Waals surface area (Å²) in [5.74, 6) is 1.64. The second-order valence-corrected chi connectivity index (χ2v) is 8.85. The van der Waals surface area contributed by atoms with Gasteiger partial charge in [0.1, 0.15) is 11.5 Å². The number of halogens is 1. The van der Waals surface area contributed by atoms with Crippen molar-refractivity contribution in [3.05, 3.63) is 81.9 Å². The van der Waals surface area contributed by atoms with E-state index in [0.717, 1.165) is 39.6 Å². The summed E-state index contributed by atoms with van der Waals surface area (Å²) in [6, 6.07) is 18.3. The molecule has 0 spiro atoms. The summed E-state index contributed by atoms with van der Waals surface area (Å²) in [5, 5.41) is 4.11. The Bertz CT molecular complexity index is 1000. The molecule has 152 valence electrons. The van der Waals surface area contributed by atoms with Gasteiger partial charge in [-0.05, 0) is 71.8 Å². The van der Waals surface area contributed by atoms with E-state index in [0.29, 0.717) is 11.6 Å². The van der Waals surface area contributed by atoms with Gasteiger partial charge >= 0.3 is 0 Å². The van der Waals surface area contributed by atoms with E-state index in [2.05, 4.69) is 44.3 Å². The van der Waals surface area contributed by atoms with Gasteiger partial charge in [-0.15, -0.1) is 0 Å². The van der Waals surface area contributed by atoms with Crippen LogP contribution in [0.5, 0.6) is 11.5 Å². The van der Waals surface area contributed by atoms with Crippen LogP contribution in [0.25, 0.3) is 0 Å². The van der Waals surface area contributed by atoms with Gasteiger partial charge in [0.15, 0.2) is 0 Å². The molecule has 0 radical (unpaired) electrons. The summed E-state index contributed by atoms with van der Waals surface area (Å²) >= 11 is 6.29. The van der Waals surface area contributed by atoms with E-state index < -0.39 is 0 Å². The fraction of sp³-hybridized carbons (Fsp3) is 0.280. The predicted octanol–water partition coefficient (Wildman–Crippen LogP) is 7.24. The first-order valence-corrected chi connectivity index (χ1v) is 10.2. The monoisotopic (exact) mass is 408 g/mol. The Hall–Kier alpha value is -2.65. The van der Waals surface area contributed by atoms with Gasteiger partial charge in [0.25, 0.3) is 0 Å². The lowest BCUT2D eigenvalue weighted by atomic mass is 9.87. The minimum atomic E-state index is 0.129. The van der Waals surface area contributed by atoms with E-state index in [1.807, 2.05) is 50.2 Å². The third-order valence-electron chi connectivity index (χ3n) is 5.18. The van der Waals surface area contributed by atoms with E-state index >= 15 is 0 Å². The molecule has 3 rings (SSSR count). The highest BCUT2D eigenvalue weighted by Gasteiger charge is 2.13. The highest BCUT2D eigenvalue weighted by Crippen LogP contribution is 2.32. The molecule has 0 atom stereocenters. The predicted molar refractivity (Wildman–Crippen MR) is 124 cm³/mol. The summed E-state index contributed by atoms with van der Waals surface area (Å²) < 4.78 is 6.05. The average molecular weight is 409 g/mol. The number of nitrogens with one attached hydrogen (secondary N) is 1. The molecule has 0 aromatic heterocycles. The van der Waals surface area contributed by atoms with Crippen LogP contribution in [-0.4, -0.2) is 0 Å². The summed E-state index contributed by atoms with van der Waals surface area (Å²) in [7, 11) is 0. The second kappa shape index (κ2) is 8.38. The number of benzene rings is 3. The van der Waals surface area contributed by atoms with E-state index in [1.165, 1.54) is 5.56 Å².